The molecule has 27 heavy (non-hydrogen) atoms. The van der Waals surface area contributed by atoms with Crippen LogP contribution in [0.5, 0.6) is 0 Å². The van der Waals surface area contributed by atoms with Gasteiger partial charge in [-0.1, -0.05) is 0 Å². The first kappa shape index (κ1) is 19.5. The Labute approximate surface area is 162 Å². The molecule has 1 fully saturated rings. The molecule has 0 aliphatic carbocycles. The van der Waals surface area contributed by atoms with Crippen LogP contribution >= 0.6 is 11.3 Å². The molecule has 3 aromatic heterocycles. The number of hydrogen-bond donors (Lipinski definition) is 4. The fourth-order valence-electron chi connectivity index (χ4n) is 3.21. The summed E-state index contributed by atoms with van der Waals surface area (Å²) in [5.74, 6) is 6.57. The molecule has 4 heterocycles. The predicted molar refractivity (Wildman–Crippen MR) is 110 cm³/mol. The largest absolute Gasteiger partial charge is 0.400 e. The Morgan fingerprint density at radius 3 is 2.74 bits per heavy atom. The van der Waals surface area contributed by atoms with E-state index < -0.39 is 0 Å². The molecule has 0 unspecified atom stereocenters. The smallest absolute Gasteiger partial charge is 0.163 e. The first-order valence-corrected chi connectivity index (χ1v) is 9.69. The zero-order valence-electron chi connectivity index (χ0n) is 15.3. The molecule has 1 aliphatic heterocycles. The Kier molecular flexibility index (Phi) is 6.57. The van der Waals surface area contributed by atoms with E-state index in [-0.39, 0.29) is 0 Å². The monoisotopic (exact) mass is 387 g/mol. The van der Waals surface area contributed by atoms with E-state index in [0.717, 1.165) is 61.6 Å². The molecule has 0 radical (unpaired) electrons. The molecule has 1 aliphatic rings. The van der Waals surface area contributed by atoms with Crippen molar-refractivity contribution in [2.24, 2.45) is 11.8 Å². The highest BCUT2D eigenvalue weighted by Gasteiger charge is 2.16. The second-order valence-corrected chi connectivity index (χ2v) is 7.48. The summed E-state index contributed by atoms with van der Waals surface area (Å²) in [6.07, 6.45) is 5.15. The lowest BCUT2D eigenvalue weighted by atomic mass is 9.96. The fraction of sp³-hybridized carbons (Fsp3) is 0.368. The number of hydrogen-bond acceptors (Lipinski definition) is 8. The Morgan fingerprint density at radius 2 is 2.04 bits per heavy atom. The summed E-state index contributed by atoms with van der Waals surface area (Å²) in [6, 6.07) is 8.24. The number of hydrazine groups is 1. The highest BCUT2D eigenvalue weighted by molar-refractivity contribution is 7.18. The van der Waals surface area contributed by atoms with Gasteiger partial charge in [-0.3, -0.25) is 0 Å². The van der Waals surface area contributed by atoms with E-state index in [1.807, 2.05) is 12.1 Å². The van der Waals surface area contributed by atoms with E-state index in [0.29, 0.717) is 11.5 Å². The lowest BCUT2D eigenvalue weighted by molar-refractivity contribution is 0.0667. The average molecular weight is 388 g/mol. The molecule has 144 valence electrons. The molecule has 6 N–H and O–H groups in total. The standard InChI is InChI=1S/C18H21N5OS.CH4O/c19-15-9-13(10-21-17(15)23-20)16-2-1-12-8-14(25-18(12)22-16)7-11-3-5-24-6-4-11;1-2/h1-2,8-11H,3-7,19-20H2,(H,21,23);2H,1H3. The van der Waals surface area contributed by atoms with Gasteiger partial charge in [0, 0.05) is 42.3 Å². The van der Waals surface area contributed by atoms with Crippen LogP contribution in [0.3, 0.4) is 0 Å². The van der Waals surface area contributed by atoms with Crippen molar-refractivity contribution < 1.29 is 9.84 Å². The third-order valence-corrected chi connectivity index (χ3v) is 5.68. The van der Waals surface area contributed by atoms with Gasteiger partial charge in [0.2, 0.25) is 0 Å². The zero-order valence-corrected chi connectivity index (χ0v) is 16.1. The number of ether oxygens (including phenoxy) is 1. The van der Waals surface area contributed by atoms with Gasteiger partial charge in [0.05, 0.1) is 11.4 Å². The molecule has 0 atom stereocenters. The molecule has 1 saturated heterocycles. The maximum absolute atomic E-state index is 7.00. The van der Waals surface area contributed by atoms with Gasteiger partial charge in [-0.15, -0.1) is 11.3 Å². The van der Waals surface area contributed by atoms with E-state index in [2.05, 4.69) is 22.5 Å². The van der Waals surface area contributed by atoms with Crippen molar-refractivity contribution in [2.45, 2.75) is 19.3 Å². The third-order valence-electron chi connectivity index (χ3n) is 4.61. The summed E-state index contributed by atoms with van der Waals surface area (Å²) in [6.45, 7) is 1.78. The van der Waals surface area contributed by atoms with Crippen molar-refractivity contribution in [1.82, 2.24) is 9.97 Å². The van der Waals surface area contributed by atoms with Crippen LogP contribution in [0.1, 0.15) is 17.7 Å². The molecule has 7 nitrogen and oxygen atoms in total. The highest BCUT2D eigenvalue weighted by atomic mass is 32.1. The highest BCUT2D eigenvalue weighted by Crippen LogP contribution is 2.31. The maximum atomic E-state index is 7.00. The number of nitrogen functional groups attached to an aromatic ring is 2. The Morgan fingerprint density at radius 1 is 1.26 bits per heavy atom. The van der Waals surface area contributed by atoms with Crippen LogP contribution in [0.15, 0.2) is 30.5 Å². The minimum Gasteiger partial charge on any atom is -0.400 e. The summed E-state index contributed by atoms with van der Waals surface area (Å²) in [5.41, 5.74) is 10.7. The van der Waals surface area contributed by atoms with Crippen LogP contribution in [0.4, 0.5) is 11.5 Å². The SMILES string of the molecule is CO.NNc1ncc(-c2ccc3cc(CC4CCOCC4)sc3n2)cc1N. The normalized spacial score (nSPS) is 14.6. The number of thiophene rings is 1. The van der Waals surface area contributed by atoms with Gasteiger partial charge in [-0.2, -0.15) is 0 Å². The summed E-state index contributed by atoms with van der Waals surface area (Å²) in [4.78, 5) is 11.5. The van der Waals surface area contributed by atoms with Crippen molar-refractivity contribution in [2.75, 3.05) is 31.5 Å². The Balaban J connectivity index is 0.00000102. The first-order valence-electron chi connectivity index (χ1n) is 8.87. The zero-order chi connectivity index (χ0) is 19.2. The maximum Gasteiger partial charge on any atom is 0.163 e. The molecule has 0 saturated carbocycles. The lowest BCUT2D eigenvalue weighted by Crippen LogP contribution is -2.17. The van der Waals surface area contributed by atoms with Crippen molar-refractivity contribution in [3.63, 3.8) is 0 Å². The van der Waals surface area contributed by atoms with E-state index in [9.17, 15) is 0 Å². The van der Waals surface area contributed by atoms with Gasteiger partial charge in [0.1, 0.15) is 4.83 Å². The van der Waals surface area contributed by atoms with E-state index >= 15 is 0 Å². The van der Waals surface area contributed by atoms with Crippen LogP contribution in [0, 0.1) is 5.92 Å². The minimum absolute atomic E-state index is 0.472. The predicted octanol–water partition coefficient (Wildman–Crippen LogP) is 2.80. The van der Waals surface area contributed by atoms with Crippen molar-refractivity contribution >= 4 is 33.1 Å². The molecule has 0 amide bonds. The third kappa shape index (κ3) is 4.54. The number of aliphatic hydroxyl groups is 1. The fourth-order valence-corrected chi connectivity index (χ4v) is 4.35. The van der Waals surface area contributed by atoms with Gasteiger partial charge >= 0.3 is 0 Å². The van der Waals surface area contributed by atoms with E-state index in [4.69, 9.17) is 26.4 Å². The number of anilines is 2. The molecule has 0 bridgehead atoms. The van der Waals surface area contributed by atoms with Crippen LogP contribution in [0.25, 0.3) is 21.5 Å². The van der Waals surface area contributed by atoms with Crippen molar-refractivity contribution in [1.29, 1.82) is 0 Å². The molecule has 0 spiro atoms. The molecule has 4 rings (SSSR count). The van der Waals surface area contributed by atoms with Gasteiger partial charge in [-0.05, 0) is 49.4 Å². The number of aromatic nitrogens is 2. The molecule has 3 aromatic rings. The number of nitrogens with two attached hydrogens (primary N) is 2. The lowest BCUT2D eigenvalue weighted by Gasteiger charge is -2.21. The van der Waals surface area contributed by atoms with Gasteiger partial charge < -0.3 is 21.0 Å². The molecule has 0 aromatic carbocycles. The van der Waals surface area contributed by atoms with Gasteiger partial charge in [0.15, 0.2) is 5.82 Å². The number of aliphatic hydroxyl groups excluding tert-OH is 1. The van der Waals surface area contributed by atoms with Crippen molar-refractivity contribution in [3.8, 4) is 11.3 Å². The summed E-state index contributed by atoms with van der Waals surface area (Å²) in [7, 11) is 1.00. The quantitative estimate of drug-likeness (QED) is 0.401. The Hall–Kier alpha value is -2.26. The van der Waals surface area contributed by atoms with Crippen LogP contribution in [0.2, 0.25) is 0 Å². The van der Waals surface area contributed by atoms with Crippen LogP contribution in [-0.4, -0.2) is 35.4 Å². The first-order chi connectivity index (χ1) is 13.2. The van der Waals surface area contributed by atoms with Gasteiger partial charge in [0.25, 0.3) is 0 Å². The number of fused-ring (bicyclic) bond motifs is 1. The second kappa shape index (κ2) is 9.09. The van der Waals surface area contributed by atoms with Crippen molar-refractivity contribution in [3.05, 3.63) is 35.3 Å². The summed E-state index contributed by atoms with van der Waals surface area (Å²) < 4.78 is 5.45. The molecular formula is C19H25N5O2S. The minimum atomic E-state index is 0.472. The topological polar surface area (TPSA) is 119 Å². The average Bonchev–Trinajstić information content (AvgIpc) is 3.11. The number of nitrogens with one attached hydrogen (secondary N) is 1. The van der Waals surface area contributed by atoms with Crippen LogP contribution < -0.4 is 17.0 Å². The van der Waals surface area contributed by atoms with E-state index in [1.54, 1.807) is 17.5 Å². The molecule has 8 heteroatoms. The van der Waals surface area contributed by atoms with E-state index in [1.165, 1.54) is 10.3 Å². The van der Waals surface area contributed by atoms with Crippen LogP contribution in [-0.2, 0) is 11.2 Å². The Bertz CT molecular complexity index is 893. The number of nitrogens with zero attached hydrogens (tertiary/aromatic N) is 2. The molecular weight excluding hydrogens is 362 g/mol. The number of pyridine rings is 2. The van der Waals surface area contributed by atoms with Gasteiger partial charge in [-0.25, -0.2) is 15.8 Å². The number of rotatable bonds is 4. The second-order valence-electron chi connectivity index (χ2n) is 6.37. The summed E-state index contributed by atoms with van der Waals surface area (Å²) >= 11 is 1.78. The summed E-state index contributed by atoms with van der Waals surface area (Å²) in [5, 5.41) is 8.19.